The van der Waals surface area contributed by atoms with Crippen molar-refractivity contribution in [3.8, 4) is 0 Å². The van der Waals surface area contributed by atoms with Crippen molar-refractivity contribution in [1.82, 2.24) is 0 Å². The molecule has 0 saturated carbocycles. The Kier molecular flexibility index (Phi) is 39.5. The molecule has 0 aliphatic heterocycles. The van der Waals surface area contributed by atoms with E-state index in [1.807, 2.05) is 0 Å². The zero-order valence-electron chi connectivity index (χ0n) is 21.2. The fourth-order valence-electron chi connectivity index (χ4n) is 2.71. The molecule has 0 saturated heterocycles. The molecule has 26 heteroatoms. The monoisotopic (exact) mass is 709 g/mol. The average molecular weight is 712 g/mol. The van der Waals surface area contributed by atoms with E-state index in [9.17, 15) is 0 Å². The molecule has 0 amide bonds. The summed E-state index contributed by atoms with van der Waals surface area (Å²) in [5.74, 6) is 0. The largest absolute Gasteiger partial charge is 1.00 e. The number of unbranched alkanes of at least 4 members (excludes halogenated alkanes) is 2. The topological polar surface area (TPSA) is 462 Å². The van der Waals surface area contributed by atoms with Crippen LogP contribution in [0.3, 0.4) is 0 Å². The van der Waals surface area contributed by atoms with Crippen molar-refractivity contribution in [3.05, 3.63) is 0 Å². The van der Waals surface area contributed by atoms with E-state index in [2.05, 4.69) is 0 Å². The molecule has 0 radical (unpaired) electrons. The second-order valence-corrected chi connectivity index (χ2v) is 10.3. The zero-order valence-corrected chi connectivity index (χ0v) is 25.0. The van der Waals surface area contributed by atoms with Crippen LogP contribution in [-0.4, -0.2) is 75.5 Å². The van der Waals surface area contributed by atoms with Gasteiger partial charge < -0.3 is 39.8 Å². The van der Waals surface area contributed by atoms with Crippen LogP contribution < -0.4 is 91.2 Å². The van der Waals surface area contributed by atoms with E-state index in [0.717, 1.165) is 56.3 Å². The van der Waals surface area contributed by atoms with Crippen molar-refractivity contribution >= 4 is 0 Å². The first kappa shape index (κ1) is 53.2. The summed E-state index contributed by atoms with van der Waals surface area (Å²) < 4.78 is 132. The third-order valence-electron chi connectivity index (χ3n) is 3.85. The summed E-state index contributed by atoms with van der Waals surface area (Å²) >= 11 is 0. The highest BCUT2D eigenvalue weighted by atomic mass is 35.7. The lowest BCUT2D eigenvalue weighted by molar-refractivity contribution is -1.92. The minimum Gasteiger partial charge on any atom is -1.00 e. The van der Waals surface area contributed by atoms with Gasteiger partial charge in [-0.1, -0.05) is 0 Å². The lowest BCUT2D eigenvalue weighted by atomic mass is 10.1. The van der Waals surface area contributed by atoms with Gasteiger partial charge in [-0.2, -0.15) is 55.9 Å². The lowest BCUT2D eigenvalue weighted by Gasteiger charge is -2.39. The van der Waals surface area contributed by atoms with Crippen LogP contribution in [0.5, 0.6) is 0 Å². The molecular weight excluding hydrogens is 671 g/mol. The number of nitrogens with two attached hydrogens (primary N) is 4. The number of hydrogen-bond donors (Lipinski definition) is 8. The van der Waals surface area contributed by atoms with Crippen LogP contribution in [0.2, 0.25) is 0 Å². The molecule has 0 aliphatic rings. The Bertz CT molecular complexity index is 421. The van der Waals surface area contributed by atoms with E-state index < -0.39 is 41.0 Å². The summed E-state index contributed by atoms with van der Waals surface area (Å²) in [6.07, 6.45) is 6.82. The van der Waals surface area contributed by atoms with Crippen molar-refractivity contribution < 1.29 is 132 Å². The number of nitrogens with zero attached hydrogens (tertiary/aromatic N) is 1. The Balaban J connectivity index is -0.000000112. The first-order chi connectivity index (χ1) is 17.2. The molecular formula is C14H40Cl5N5O16. The second-order valence-electron chi connectivity index (χ2n) is 7.10. The molecule has 0 atom stereocenters. The molecule has 0 aromatic heterocycles. The number of hydrogen-bond acceptors (Lipinski definition) is 20. The van der Waals surface area contributed by atoms with E-state index in [-0.39, 0.29) is 12.4 Å². The molecule has 0 heterocycles. The molecule has 252 valence electrons. The first-order valence-electron chi connectivity index (χ1n) is 10.4. The van der Waals surface area contributed by atoms with Crippen LogP contribution in [0.1, 0.15) is 38.5 Å². The van der Waals surface area contributed by atoms with Gasteiger partial charge in [0, 0.05) is 12.8 Å². The number of quaternary nitrogens is 1. The van der Waals surface area contributed by atoms with E-state index >= 15 is 0 Å². The van der Waals surface area contributed by atoms with Gasteiger partial charge in [-0.25, -0.2) is 0 Å². The molecule has 21 nitrogen and oxygen atoms in total. The van der Waals surface area contributed by atoms with Crippen LogP contribution in [0.15, 0.2) is 0 Å². The number of halogens is 5. The fraction of sp³-hybridized carbons (Fsp3) is 1.00. The molecule has 40 heavy (non-hydrogen) atoms. The van der Waals surface area contributed by atoms with Crippen molar-refractivity contribution in [2.45, 2.75) is 38.5 Å². The van der Waals surface area contributed by atoms with Gasteiger partial charge in [0.25, 0.3) is 0 Å². The fourth-order valence-corrected chi connectivity index (χ4v) is 2.71. The Morgan fingerprint density at radius 1 is 0.375 bits per heavy atom. The van der Waals surface area contributed by atoms with E-state index in [1.165, 1.54) is 39.0 Å². The van der Waals surface area contributed by atoms with Crippen LogP contribution in [-0.2, 0) is 0 Å². The Morgan fingerprint density at radius 2 is 0.525 bits per heavy atom. The first-order valence-corrected chi connectivity index (χ1v) is 15.5. The van der Waals surface area contributed by atoms with Crippen molar-refractivity contribution in [1.29, 1.82) is 0 Å². The molecule has 0 aromatic rings. The van der Waals surface area contributed by atoms with Gasteiger partial charge in [0.05, 0.1) is 85.8 Å². The lowest BCUT2D eigenvalue weighted by Crippen LogP contribution is -3.00. The average Bonchev–Trinajstić information content (AvgIpc) is 2.66. The maximum atomic E-state index is 8.60. The van der Waals surface area contributed by atoms with Gasteiger partial charge in [-0.15, -0.1) is 0 Å². The molecule has 0 fully saturated rings. The standard InChI is InChI=1S/C14H36N5.4ClHO4.ClH/c15-7-1-3-11-19(13-5-9-17,14-6-10-18)12-4-2-8-16;4*2-1(3,4)5;/h1-18H2;4*(H,2,3,4,5);1H/q+1;;;;;/p-1. The molecule has 0 rings (SSSR count). The predicted octanol–water partition coefficient (Wildman–Crippen LogP) is -19.5. The summed E-state index contributed by atoms with van der Waals surface area (Å²) in [4.78, 5) is 0. The quantitative estimate of drug-likeness (QED) is 0.0612. The minimum absolute atomic E-state index is 0. The summed E-state index contributed by atoms with van der Waals surface area (Å²) in [6.45, 7) is 7.89. The summed E-state index contributed by atoms with van der Waals surface area (Å²) in [7, 11) is -18.8. The molecule has 0 aromatic carbocycles. The van der Waals surface area contributed by atoms with Gasteiger partial charge in [0.2, 0.25) is 0 Å². The third kappa shape index (κ3) is 107. The van der Waals surface area contributed by atoms with Crippen molar-refractivity contribution in [2.75, 3.05) is 52.4 Å². The molecule has 0 aliphatic carbocycles. The van der Waals surface area contributed by atoms with Crippen molar-refractivity contribution in [2.24, 2.45) is 22.9 Å². The number of rotatable bonds is 14. The van der Waals surface area contributed by atoms with Crippen LogP contribution in [0.4, 0.5) is 0 Å². The summed E-state index contributed by atoms with van der Waals surface area (Å²) in [6, 6.07) is 0. The predicted molar refractivity (Wildman–Crippen MR) is 92.5 cm³/mol. The van der Waals surface area contributed by atoms with E-state index in [4.69, 9.17) is 97.5 Å². The molecule has 12 N–H and O–H groups in total. The summed E-state index contributed by atoms with van der Waals surface area (Å²) in [5, 5.41) is 0. The third-order valence-corrected chi connectivity index (χ3v) is 3.85. The Hall–Kier alpha value is 0.610. The van der Waals surface area contributed by atoms with Crippen LogP contribution in [0, 0.1) is 41.0 Å². The van der Waals surface area contributed by atoms with E-state index in [0.29, 0.717) is 0 Å². The van der Waals surface area contributed by atoms with Gasteiger partial charge in [0.1, 0.15) is 0 Å². The van der Waals surface area contributed by atoms with Gasteiger partial charge in [0.15, 0.2) is 0 Å². The smallest absolute Gasteiger partial charge is 0.0798 e. The molecule has 0 unspecified atom stereocenters. The summed E-state index contributed by atoms with van der Waals surface area (Å²) in [5.41, 5.74) is 22.6. The Morgan fingerprint density at radius 3 is 0.675 bits per heavy atom. The zero-order chi connectivity index (χ0) is 32.4. The SMILES string of the molecule is NCCCC[N+](CCCN)(CCCN)CCCCN.[Cl-].[O-][Cl+3]([O-])([O-])O.[O-][Cl+3]([O-])([O-])O.[O-][Cl+3]([O-])([O-])O.[O-][Cl+3]([O-])([O-])O. The van der Waals surface area contributed by atoms with Crippen LogP contribution in [0.25, 0.3) is 0 Å². The Labute approximate surface area is 246 Å². The maximum absolute atomic E-state index is 8.60. The minimum atomic E-state index is -4.69. The highest BCUT2D eigenvalue weighted by Gasteiger charge is 2.25. The van der Waals surface area contributed by atoms with Gasteiger partial charge in [-0.05, 0) is 51.9 Å². The van der Waals surface area contributed by atoms with Gasteiger partial charge in [-0.3, -0.25) is 0 Å². The van der Waals surface area contributed by atoms with Crippen molar-refractivity contribution in [3.63, 3.8) is 0 Å². The van der Waals surface area contributed by atoms with E-state index in [1.54, 1.807) is 0 Å². The molecule has 0 spiro atoms. The normalized spacial score (nSPS) is 11.7. The highest BCUT2D eigenvalue weighted by molar-refractivity contribution is 4.52. The highest BCUT2D eigenvalue weighted by Crippen LogP contribution is 2.14. The van der Waals surface area contributed by atoms with Crippen LogP contribution >= 0.6 is 0 Å². The maximum Gasteiger partial charge on any atom is 0.0798 e. The van der Waals surface area contributed by atoms with Gasteiger partial charge >= 0.3 is 0 Å². The molecule has 0 bridgehead atoms. The second kappa shape index (κ2) is 29.7.